The second-order valence-corrected chi connectivity index (χ2v) is 11.7. The van der Waals surface area contributed by atoms with Crippen molar-refractivity contribution >= 4 is 5.97 Å². The zero-order valence-electron chi connectivity index (χ0n) is 24.7. The maximum atomic E-state index is 12.5. The molecule has 0 radical (unpaired) electrons. The van der Waals surface area contributed by atoms with E-state index in [2.05, 4.69) is 12.2 Å². The molecule has 2 saturated heterocycles. The van der Waals surface area contributed by atoms with Gasteiger partial charge in [0.1, 0.15) is 42.7 Å². The van der Waals surface area contributed by atoms with E-state index >= 15 is 0 Å². The van der Waals surface area contributed by atoms with E-state index in [-0.39, 0.29) is 12.5 Å². The molecule has 42 heavy (non-hydrogen) atoms. The lowest BCUT2D eigenvalue weighted by atomic mass is 9.97. The summed E-state index contributed by atoms with van der Waals surface area (Å²) in [6.45, 7) is 0.625. The minimum absolute atomic E-state index is 0.129. The van der Waals surface area contributed by atoms with E-state index in [1.807, 2.05) is 6.92 Å². The molecule has 0 aromatic heterocycles. The van der Waals surface area contributed by atoms with Gasteiger partial charge in [-0.3, -0.25) is 4.79 Å². The Kier molecular flexibility index (Phi) is 15.6. The van der Waals surface area contributed by atoms with Gasteiger partial charge in [0.25, 0.3) is 0 Å². The fraction of sp³-hybridized carbons (Fsp3) is 0.900. The Hall–Kier alpha value is -1.19. The highest BCUT2D eigenvalue weighted by molar-refractivity contribution is 5.69. The van der Waals surface area contributed by atoms with E-state index in [4.69, 9.17) is 23.7 Å². The minimum Gasteiger partial charge on any atom is -0.457 e. The fourth-order valence-corrected chi connectivity index (χ4v) is 5.63. The van der Waals surface area contributed by atoms with Crippen molar-refractivity contribution in [2.24, 2.45) is 0 Å². The van der Waals surface area contributed by atoms with Crippen LogP contribution in [0.4, 0.5) is 0 Å². The molecule has 0 spiro atoms. The standard InChI is InChI=1S/C30H52O12/c1-19-15-13-11-9-7-5-3-2-4-6-8-10-12-14-16-22(33)41-27-21(18-32)40-29(26(37)25(27)36)42-28-24(35)23(34)20(17-31)39-30(28)38-19/h2-3,19-21,23-32,34-37H,4-18H2,1H3. The van der Waals surface area contributed by atoms with Gasteiger partial charge in [0, 0.05) is 6.42 Å². The molecule has 4 rings (SSSR count). The van der Waals surface area contributed by atoms with Crippen molar-refractivity contribution in [1.29, 1.82) is 0 Å². The van der Waals surface area contributed by atoms with Crippen LogP contribution in [-0.4, -0.2) is 117 Å². The number of hydrogen-bond acceptors (Lipinski definition) is 12. The van der Waals surface area contributed by atoms with Gasteiger partial charge in [0.15, 0.2) is 18.7 Å². The minimum atomic E-state index is -1.73. The van der Waals surface area contributed by atoms with Crippen LogP contribution in [0.5, 0.6) is 0 Å². The van der Waals surface area contributed by atoms with Crippen LogP contribution in [0.2, 0.25) is 0 Å². The Bertz CT molecular complexity index is 794. The molecule has 0 aromatic carbocycles. The normalized spacial score (nSPS) is 41.1. The third-order valence-electron chi connectivity index (χ3n) is 8.22. The average Bonchev–Trinajstić information content (AvgIpc) is 2.97. The number of carbonyl (C=O) groups excluding carboxylic acids is 1. The molecule has 2 bridgehead atoms. The zero-order chi connectivity index (χ0) is 30.5. The van der Waals surface area contributed by atoms with E-state index in [0.29, 0.717) is 12.8 Å². The molecule has 2 fully saturated rings. The SMILES string of the molecule is CC1CCCCCCC=CCCCCCCCC(=O)OC2C(CO)OC(OC3C(O1)OC(CO)C(O)C3O)C(O)C2O. The number of aliphatic hydroxyl groups is 6. The topological polar surface area (TPSA) is 185 Å². The summed E-state index contributed by atoms with van der Waals surface area (Å²) in [4.78, 5) is 12.5. The first kappa shape index (κ1) is 35.3. The predicted octanol–water partition coefficient (Wildman–Crippen LogP) is 1.21. The van der Waals surface area contributed by atoms with Crippen molar-refractivity contribution in [3.8, 4) is 0 Å². The van der Waals surface area contributed by atoms with Gasteiger partial charge in [-0.1, -0.05) is 50.7 Å². The van der Waals surface area contributed by atoms with Crippen molar-refractivity contribution in [3.63, 3.8) is 0 Å². The molecule has 0 saturated carbocycles. The van der Waals surface area contributed by atoms with Crippen LogP contribution in [0.25, 0.3) is 0 Å². The number of rotatable bonds is 2. The summed E-state index contributed by atoms with van der Waals surface area (Å²) in [6, 6.07) is 0. The lowest BCUT2D eigenvalue weighted by molar-refractivity contribution is -0.371. The van der Waals surface area contributed by atoms with Crippen LogP contribution in [0, 0.1) is 0 Å². The summed E-state index contributed by atoms with van der Waals surface area (Å²) in [5.74, 6) is -0.575. The number of allylic oxidation sites excluding steroid dienone is 2. The van der Waals surface area contributed by atoms with Crippen molar-refractivity contribution in [3.05, 3.63) is 12.2 Å². The highest BCUT2D eigenvalue weighted by atomic mass is 16.8. The van der Waals surface area contributed by atoms with Crippen molar-refractivity contribution < 1.29 is 59.1 Å². The van der Waals surface area contributed by atoms with Gasteiger partial charge in [-0.2, -0.15) is 0 Å². The molecule has 11 unspecified atom stereocenters. The second-order valence-electron chi connectivity index (χ2n) is 11.7. The molecule has 0 aromatic rings. The molecule has 4 heterocycles. The van der Waals surface area contributed by atoms with E-state index < -0.39 is 80.6 Å². The van der Waals surface area contributed by atoms with Crippen LogP contribution in [-0.2, 0) is 28.5 Å². The van der Waals surface area contributed by atoms with Crippen LogP contribution in [0.3, 0.4) is 0 Å². The molecule has 0 aliphatic carbocycles. The fourth-order valence-electron chi connectivity index (χ4n) is 5.63. The van der Waals surface area contributed by atoms with Gasteiger partial charge in [0.2, 0.25) is 0 Å². The van der Waals surface area contributed by atoms with Crippen LogP contribution >= 0.6 is 0 Å². The van der Waals surface area contributed by atoms with Crippen LogP contribution < -0.4 is 0 Å². The summed E-state index contributed by atoms with van der Waals surface area (Å²) in [5, 5.41) is 62.6. The molecule has 0 amide bonds. The first-order valence-electron chi connectivity index (χ1n) is 15.7. The number of aliphatic hydroxyl groups excluding tert-OH is 6. The summed E-state index contributed by atoms with van der Waals surface area (Å²) in [6.07, 6.45) is 1.47. The number of esters is 1. The van der Waals surface area contributed by atoms with Gasteiger partial charge in [-0.25, -0.2) is 0 Å². The molecule has 244 valence electrons. The third kappa shape index (κ3) is 10.5. The third-order valence-corrected chi connectivity index (χ3v) is 8.22. The molecule has 6 N–H and O–H groups in total. The smallest absolute Gasteiger partial charge is 0.306 e. The maximum absolute atomic E-state index is 12.5. The first-order chi connectivity index (χ1) is 20.3. The first-order valence-corrected chi connectivity index (χ1v) is 15.7. The average molecular weight is 605 g/mol. The van der Waals surface area contributed by atoms with Crippen molar-refractivity contribution in [1.82, 2.24) is 0 Å². The van der Waals surface area contributed by atoms with Gasteiger partial charge >= 0.3 is 5.97 Å². The molecule has 11 atom stereocenters. The van der Waals surface area contributed by atoms with Gasteiger partial charge in [0.05, 0.1) is 19.3 Å². The monoisotopic (exact) mass is 604 g/mol. The lowest BCUT2D eigenvalue weighted by Crippen LogP contribution is -2.65. The van der Waals surface area contributed by atoms with Crippen molar-refractivity contribution in [2.75, 3.05) is 13.2 Å². The highest BCUT2D eigenvalue weighted by Gasteiger charge is 2.52. The van der Waals surface area contributed by atoms with E-state index in [0.717, 1.165) is 64.2 Å². The van der Waals surface area contributed by atoms with Crippen LogP contribution in [0.1, 0.15) is 90.4 Å². The Morgan fingerprint density at radius 1 is 0.643 bits per heavy atom. The number of fused-ring (bicyclic) bond motifs is 19. The molecular weight excluding hydrogens is 552 g/mol. The lowest BCUT2D eigenvalue weighted by Gasteiger charge is -2.46. The highest BCUT2D eigenvalue weighted by Crippen LogP contribution is 2.31. The summed E-state index contributed by atoms with van der Waals surface area (Å²) >= 11 is 0. The Morgan fingerprint density at radius 2 is 1.21 bits per heavy atom. The molecule has 4 aliphatic rings. The summed E-state index contributed by atoms with van der Waals surface area (Å²) < 4.78 is 28.7. The van der Waals surface area contributed by atoms with Gasteiger partial charge in [-0.15, -0.1) is 0 Å². The Labute approximate surface area is 248 Å². The number of hydrogen-bond donors (Lipinski definition) is 6. The second kappa shape index (κ2) is 18.6. The Balaban J connectivity index is 1.72. The van der Waals surface area contributed by atoms with E-state index in [1.54, 1.807) is 0 Å². The largest absolute Gasteiger partial charge is 0.457 e. The molecule has 12 nitrogen and oxygen atoms in total. The van der Waals surface area contributed by atoms with E-state index in [1.165, 1.54) is 0 Å². The maximum Gasteiger partial charge on any atom is 0.306 e. The zero-order valence-corrected chi connectivity index (χ0v) is 24.7. The number of ether oxygens (including phenoxy) is 5. The quantitative estimate of drug-likeness (QED) is 0.196. The molecular formula is C30H52O12. The van der Waals surface area contributed by atoms with Crippen LogP contribution in [0.15, 0.2) is 12.2 Å². The molecule has 4 aliphatic heterocycles. The summed E-state index contributed by atoms with van der Waals surface area (Å²) in [7, 11) is 0. The molecule has 12 heteroatoms. The van der Waals surface area contributed by atoms with E-state index in [9.17, 15) is 35.4 Å². The number of carbonyl (C=O) groups is 1. The van der Waals surface area contributed by atoms with Crippen molar-refractivity contribution in [2.45, 2.75) is 158 Å². The Morgan fingerprint density at radius 3 is 1.88 bits per heavy atom. The van der Waals surface area contributed by atoms with Gasteiger partial charge in [-0.05, 0) is 45.4 Å². The summed E-state index contributed by atoms with van der Waals surface area (Å²) in [5.41, 5.74) is 0. The predicted molar refractivity (Wildman–Crippen MR) is 150 cm³/mol. The van der Waals surface area contributed by atoms with Gasteiger partial charge < -0.3 is 54.3 Å².